The zero-order valence-corrected chi connectivity index (χ0v) is 14.0. The third kappa shape index (κ3) is 3.15. The van der Waals surface area contributed by atoms with E-state index in [0.29, 0.717) is 24.4 Å². The third-order valence-electron chi connectivity index (χ3n) is 4.67. The molecule has 1 amide bonds. The second-order valence-electron chi connectivity index (χ2n) is 6.34. The van der Waals surface area contributed by atoms with E-state index >= 15 is 0 Å². The van der Waals surface area contributed by atoms with Gasteiger partial charge in [-0.05, 0) is 18.6 Å². The van der Waals surface area contributed by atoms with Crippen LogP contribution in [0.15, 0.2) is 41.2 Å². The Hall–Kier alpha value is -2.67. The predicted octanol–water partition coefficient (Wildman–Crippen LogP) is 2.00. The van der Waals surface area contributed by atoms with Gasteiger partial charge in [0.05, 0.1) is 6.42 Å². The fourth-order valence-corrected chi connectivity index (χ4v) is 3.30. The number of hydrogen-bond donors (Lipinski definition) is 1. The van der Waals surface area contributed by atoms with Gasteiger partial charge in [-0.1, -0.05) is 17.3 Å². The van der Waals surface area contributed by atoms with Crippen molar-refractivity contribution < 1.29 is 14.1 Å². The van der Waals surface area contributed by atoms with Gasteiger partial charge < -0.3 is 19.1 Å². The zero-order valence-electron chi connectivity index (χ0n) is 14.0. The quantitative estimate of drug-likeness (QED) is 0.768. The monoisotopic (exact) mass is 340 g/mol. The predicted molar refractivity (Wildman–Crippen MR) is 90.7 cm³/mol. The van der Waals surface area contributed by atoms with Crippen LogP contribution in [-0.2, 0) is 23.0 Å². The molecular formula is C18H20N4O3. The van der Waals surface area contributed by atoms with Crippen molar-refractivity contribution >= 4 is 16.9 Å². The first-order valence-corrected chi connectivity index (χ1v) is 8.41. The number of carbonyl (C=O) groups excluding carboxylic acids is 1. The molecule has 1 aliphatic heterocycles. The fourth-order valence-electron chi connectivity index (χ4n) is 3.30. The summed E-state index contributed by atoms with van der Waals surface area (Å²) < 4.78 is 13.0. The molecule has 0 unspecified atom stereocenters. The van der Waals surface area contributed by atoms with Crippen molar-refractivity contribution in [3.63, 3.8) is 0 Å². The molecule has 7 nitrogen and oxygen atoms in total. The van der Waals surface area contributed by atoms with Crippen molar-refractivity contribution in [1.82, 2.24) is 20.0 Å². The molecule has 0 bridgehead atoms. The molecule has 0 radical (unpaired) electrons. The van der Waals surface area contributed by atoms with Crippen LogP contribution in [0.25, 0.3) is 11.0 Å². The number of nitrogens with zero attached hydrogens (tertiary/aromatic N) is 3. The standard InChI is InChI=1S/C18H20N4O3/c1-22-8-7-19-18(22)17-12(6-9-24-17)11-20-16(23)10-14-13-4-2-3-5-15(13)25-21-14/h2-5,7-8,12,17H,6,9-11H2,1H3,(H,20,23)/t12-,17+/m0/s1. The van der Waals surface area contributed by atoms with Crippen LogP contribution in [0.2, 0.25) is 0 Å². The number of hydrogen-bond acceptors (Lipinski definition) is 5. The van der Waals surface area contributed by atoms with Crippen LogP contribution in [0.5, 0.6) is 0 Å². The van der Waals surface area contributed by atoms with Crippen LogP contribution in [0.4, 0.5) is 0 Å². The molecule has 0 spiro atoms. The Morgan fingerprint density at radius 3 is 3.12 bits per heavy atom. The number of amides is 1. The average molecular weight is 340 g/mol. The lowest BCUT2D eigenvalue weighted by atomic mass is 10.0. The van der Waals surface area contributed by atoms with Gasteiger partial charge >= 0.3 is 0 Å². The first-order valence-electron chi connectivity index (χ1n) is 8.41. The molecule has 4 rings (SSSR count). The highest BCUT2D eigenvalue weighted by molar-refractivity contribution is 5.86. The molecule has 0 saturated carbocycles. The molecule has 1 aromatic carbocycles. The second kappa shape index (κ2) is 6.68. The molecule has 1 N–H and O–H groups in total. The van der Waals surface area contributed by atoms with Crippen molar-refractivity contribution in [3.05, 3.63) is 48.2 Å². The first kappa shape index (κ1) is 15.8. The van der Waals surface area contributed by atoms with E-state index in [4.69, 9.17) is 9.26 Å². The maximum Gasteiger partial charge on any atom is 0.226 e. The van der Waals surface area contributed by atoms with E-state index in [2.05, 4.69) is 15.5 Å². The normalized spacial score (nSPS) is 20.2. The molecule has 1 aliphatic rings. The molecule has 1 fully saturated rings. The number of para-hydroxylation sites is 1. The highest BCUT2D eigenvalue weighted by Crippen LogP contribution is 2.32. The molecule has 2 aromatic heterocycles. The summed E-state index contributed by atoms with van der Waals surface area (Å²) in [6.07, 6.45) is 4.71. The number of carbonyl (C=O) groups is 1. The summed E-state index contributed by atoms with van der Waals surface area (Å²) in [6.45, 7) is 1.25. The summed E-state index contributed by atoms with van der Waals surface area (Å²) in [6, 6.07) is 7.55. The van der Waals surface area contributed by atoms with E-state index in [1.807, 2.05) is 42.1 Å². The fraction of sp³-hybridized carbons (Fsp3) is 0.389. The van der Waals surface area contributed by atoms with E-state index in [-0.39, 0.29) is 24.3 Å². The first-order chi connectivity index (χ1) is 12.2. The van der Waals surface area contributed by atoms with Crippen LogP contribution in [0.1, 0.15) is 24.0 Å². The van der Waals surface area contributed by atoms with Gasteiger partial charge in [-0.2, -0.15) is 0 Å². The van der Waals surface area contributed by atoms with Gasteiger partial charge in [0.15, 0.2) is 5.58 Å². The zero-order chi connectivity index (χ0) is 17.2. The van der Waals surface area contributed by atoms with Crippen molar-refractivity contribution in [2.24, 2.45) is 13.0 Å². The summed E-state index contributed by atoms with van der Waals surface area (Å²) in [4.78, 5) is 16.7. The van der Waals surface area contributed by atoms with Gasteiger partial charge in [-0.25, -0.2) is 4.98 Å². The summed E-state index contributed by atoms with van der Waals surface area (Å²) >= 11 is 0. The Labute approximate surface area is 145 Å². The van der Waals surface area contributed by atoms with Crippen LogP contribution < -0.4 is 5.32 Å². The van der Waals surface area contributed by atoms with Crippen molar-refractivity contribution in [1.29, 1.82) is 0 Å². The van der Waals surface area contributed by atoms with E-state index in [1.54, 1.807) is 6.20 Å². The lowest BCUT2D eigenvalue weighted by Crippen LogP contribution is -2.32. The molecule has 2 atom stereocenters. The highest BCUT2D eigenvalue weighted by Gasteiger charge is 2.32. The van der Waals surface area contributed by atoms with Crippen LogP contribution in [0, 0.1) is 5.92 Å². The lowest BCUT2D eigenvalue weighted by molar-refractivity contribution is -0.120. The topological polar surface area (TPSA) is 82.2 Å². The van der Waals surface area contributed by atoms with Gasteiger partial charge in [0.25, 0.3) is 0 Å². The number of rotatable bonds is 5. The van der Waals surface area contributed by atoms with Crippen LogP contribution >= 0.6 is 0 Å². The summed E-state index contributed by atoms with van der Waals surface area (Å²) in [5.74, 6) is 1.06. The van der Waals surface area contributed by atoms with Crippen molar-refractivity contribution in [2.75, 3.05) is 13.2 Å². The van der Waals surface area contributed by atoms with Crippen molar-refractivity contribution in [2.45, 2.75) is 18.9 Å². The van der Waals surface area contributed by atoms with E-state index < -0.39 is 0 Å². The van der Waals surface area contributed by atoms with Crippen molar-refractivity contribution in [3.8, 4) is 0 Å². The number of nitrogens with one attached hydrogen (secondary N) is 1. The maximum atomic E-state index is 12.3. The number of imidazole rings is 1. The van der Waals surface area contributed by atoms with E-state index in [1.165, 1.54) is 0 Å². The Balaban J connectivity index is 1.38. The minimum atomic E-state index is -0.0758. The molecule has 25 heavy (non-hydrogen) atoms. The molecule has 3 aromatic rings. The second-order valence-corrected chi connectivity index (χ2v) is 6.34. The summed E-state index contributed by atoms with van der Waals surface area (Å²) in [5.41, 5.74) is 1.36. The van der Waals surface area contributed by atoms with E-state index in [0.717, 1.165) is 17.6 Å². The summed E-state index contributed by atoms with van der Waals surface area (Å²) in [5, 5.41) is 7.89. The number of benzene rings is 1. The molecular weight excluding hydrogens is 320 g/mol. The minimum absolute atomic E-state index is 0.0652. The Kier molecular flexibility index (Phi) is 4.23. The van der Waals surface area contributed by atoms with Gasteiger partial charge in [0.1, 0.15) is 17.6 Å². The molecule has 7 heteroatoms. The molecule has 3 heterocycles. The van der Waals surface area contributed by atoms with Crippen LogP contribution in [-0.4, -0.2) is 33.8 Å². The van der Waals surface area contributed by atoms with Gasteiger partial charge in [-0.15, -0.1) is 0 Å². The number of aromatic nitrogens is 3. The van der Waals surface area contributed by atoms with Crippen LogP contribution in [0.3, 0.4) is 0 Å². The largest absolute Gasteiger partial charge is 0.370 e. The maximum absolute atomic E-state index is 12.3. The third-order valence-corrected chi connectivity index (χ3v) is 4.67. The Morgan fingerprint density at radius 2 is 2.28 bits per heavy atom. The average Bonchev–Trinajstić information content (AvgIpc) is 3.33. The Morgan fingerprint density at radius 1 is 1.40 bits per heavy atom. The Bertz CT molecular complexity index is 885. The van der Waals surface area contributed by atoms with Gasteiger partial charge in [0, 0.05) is 43.9 Å². The molecule has 1 saturated heterocycles. The van der Waals surface area contributed by atoms with Gasteiger partial charge in [-0.3, -0.25) is 4.79 Å². The minimum Gasteiger partial charge on any atom is -0.370 e. The highest BCUT2D eigenvalue weighted by atomic mass is 16.5. The number of fused-ring (bicyclic) bond motifs is 1. The molecule has 130 valence electrons. The number of aryl methyl sites for hydroxylation is 1. The molecule has 0 aliphatic carbocycles. The lowest BCUT2D eigenvalue weighted by Gasteiger charge is -2.18. The van der Waals surface area contributed by atoms with Gasteiger partial charge in [0.2, 0.25) is 5.91 Å². The SMILES string of the molecule is Cn1ccnc1[C@@H]1OCC[C@H]1CNC(=O)Cc1noc2ccccc12. The number of ether oxygens (including phenoxy) is 1. The smallest absolute Gasteiger partial charge is 0.226 e. The van der Waals surface area contributed by atoms with E-state index in [9.17, 15) is 4.79 Å². The summed E-state index contributed by atoms with van der Waals surface area (Å²) in [7, 11) is 1.95.